The van der Waals surface area contributed by atoms with Gasteiger partial charge in [0.1, 0.15) is 11.8 Å². The number of ketones is 1. The highest BCUT2D eigenvalue weighted by atomic mass is 32.1. The molecule has 0 aromatic carbocycles. The van der Waals surface area contributed by atoms with E-state index >= 15 is 0 Å². The lowest BCUT2D eigenvalue weighted by Gasteiger charge is -2.39. The third-order valence-electron chi connectivity index (χ3n) is 3.29. The van der Waals surface area contributed by atoms with Crippen LogP contribution in [0.25, 0.3) is 0 Å². The molecular weight excluding hydrogens is 304 g/mol. The summed E-state index contributed by atoms with van der Waals surface area (Å²) < 4.78 is 5.29. The Bertz CT molecular complexity index is 517. The molecule has 0 unspecified atom stereocenters. The molecule has 1 N–H and O–H groups in total. The van der Waals surface area contributed by atoms with Gasteiger partial charge in [0.15, 0.2) is 5.01 Å². The second-order valence-electron chi connectivity index (χ2n) is 7.11. The molecule has 0 saturated heterocycles. The quantitative estimate of drug-likeness (QED) is 0.680. The van der Waals surface area contributed by atoms with Crippen molar-refractivity contribution in [1.29, 1.82) is 0 Å². The Labute approximate surface area is 131 Å². The van der Waals surface area contributed by atoms with Crippen molar-refractivity contribution in [2.75, 3.05) is 0 Å². The van der Waals surface area contributed by atoms with E-state index in [0.717, 1.165) is 0 Å². The molecule has 0 aliphatic rings. The van der Waals surface area contributed by atoms with E-state index < -0.39 is 24.9 Å². The summed E-state index contributed by atoms with van der Waals surface area (Å²) in [5.41, 5.74) is -0.609. The number of hydrogen-bond donors (Lipinski definition) is 1. The van der Waals surface area contributed by atoms with Crippen LogP contribution in [-0.2, 0) is 4.74 Å². The Hall–Kier alpha value is -1.21. The second-order valence-corrected chi connectivity index (χ2v) is 13.5. The molecule has 1 heterocycles. The molecule has 0 fully saturated rings. The van der Waals surface area contributed by atoms with Crippen LogP contribution < -0.4 is 5.32 Å². The zero-order valence-corrected chi connectivity index (χ0v) is 15.5. The van der Waals surface area contributed by atoms with Crippen molar-refractivity contribution in [1.82, 2.24) is 10.3 Å². The Kier molecular flexibility index (Phi) is 5.00. The molecular formula is C14H23N2O3SSi. The minimum atomic E-state index is -2.08. The van der Waals surface area contributed by atoms with Gasteiger partial charge in [-0.15, -0.1) is 11.3 Å². The van der Waals surface area contributed by atoms with Crippen LogP contribution in [0.3, 0.4) is 0 Å². The van der Waals surface area contributed by atoms with Gasteiger partial charge in [0, 0.05) is 5.38 Å². The lowest BCUT2D eigenvalue weighted by Crippen LogP contribution is -2.66. The van der Waals surface area contributed by atoms with Crippen LogP contribution >= 0.6 is 11.3 Å². The van der Waals surface area contributed by atoms with Crippen LogP contribution in [0.2, 0.25) is 19.6 Å². The maximum Gasteiger partial charge on any atom is 0.408 e. The highest BCUT2D eigenvalue weighted by molar-refractivity contribution is 7.12. The fourth-order valence-electron chi connectivity index (χ4n) is 1.60. The van der Waals surface area contributed by atoms with E-state index in [4.69, 9.17) is 4.74 Å². The summed E-state index contributed by atoms with van der Waals surface area (Å²) >= 11 is 1.23. The van der Waals surface area contributed by atoms with E-state index in [2.05, 4.69) is 16.5 Å². The average Bonchev–Trinajstić information content (AvgIpc) is 2.76. The third-order valence-corrected chi connectivity index (χ3v) is 7.36. The van der Waals surface area contributed by atoms with Crippen molar-refractivity contribution in [2.45, 2.75) is 58.1 Å². The Balaban J connectivity index is 3.06. The van der Waals surface area contributed by atoms with Gasteiger partial charge < -0.3 is 10.1 Å². The van der Waals surface area contributed by atoms with Crippen molar-refractivity contribution < 1.29 is 14.3 Å². The molecule has 0 aliphatic heterocycles. The van der Waals surface area contributed by atoms with Gasteiger partial charge in [0.2, 0.25) is 5.78 Å². The average molecular weight is 328 g/mol. The molecule has 0 aliphatic carbocycles. The van der Waals surface area contributed by atoms with Crippen LogP contribution in [0.4, 0.5) is 4.79 Å². The molecule has 117 valence electrons. The Morgan fingerprint density at radius 1 is 1.29 bits per heavy atom. The summed E-state index contributed by atoms with van der Waals surface area (Å²) in [7, 11) is -2.08. The van der Waals surface area contributed by atoms with E-state index in [-0.39, 0.29) is 5.78 Å². The van der Waals surface area contributed by atoms with Gasteiger partial charge in [-0.3, -0.25) is 4.79 Å². The Morgan fingerprint density at radius 3 is 2.24 bits per heavy atom. The smallest absolute Gasteiger partial charge is 0.408 e. The zero-order valence-electron chi connectivity index (χ0n) is 13.7. The number of alkyl carbamates (subject to hydrolysis) is 1. The number of ether oxygens (including phenoxy) is 1. The molecule has 0 bridgehead atoms. The fraction of sp³-hybridized carbons (Fsp3) is 0.643. The van der Waals surface area contributed by atoms with Gasteiger partial charge in [-0.1, -0.05) is 19.6 Å². The number of carbonyl (C=O) groups is 2. The first-order valence-corrected chi connectivity index (χ1v) is 11.1. The van der Waals surface area contributed by atoms with Gasteiger partial charge in [-0.05, 0) is 27.7 Å². The standard InChI is InChI=1S/C14H23N2O3SSi/c1-13(2,3)19-12(18)16-14(4,21(5,6)7)10(17)11-15-8-9-20-11/h9H,1-7H3,(H,16,18)/t14-/m1/s1. The van der Waals surface area contributed by atoms with Gasteiger partial charge in [0.25, 0.3) is 0 Å². The number of nitrogens with one attached hydrogen (secondary N) is 1. The number of thiazole rings is 1. The molecule has 21 heavy (non-hydrogen) atoms. The highest BCUT2D eigenvalue weighted by Gasteiger charge is 2.48. The van der Waals surface area contributed by atoms with E-state index in [1.807, 2.05) is 19.6 Å². The van der Waals surface area contributed by atoms with Crippen molar-refractivity contribution in [3.8, 4) is 0 Å². The minimum Gasteiger partial charge on any atom is -0.444 e. The molecule has 1 radical (unpaired) electrons. The van der Waals surface area contributed by atoms with Crippen molar-refractivity contribution >= 4 is 31.3 Å². The first kappa shape index (κ1) is 17.8. The van der Waals surface area contributed by atoms with Gasteiger partial charge in [-0.25, -0.2) is 9.78 Å². The lowest BCUT2D eigenvalue weighted by molar-refractivity contribution is 0.0477. The molecule has 1 aromatic rings. The monoisotopic (exact) mass is 327 g/mol. The van der Waals surface area contributed by atoms with E-state index in [1.54, 1.807) is 33.1 Å². The number of amides is 1. The highest BCUT2D eigenvalue weighted by Crippen LogP contribution is 2.26. The van der Waals surface area contributed by atoms with Crippen LogP contribution in [0.15, 0.2) is 5.38 Å². The van der Waals surface area contributed by atoms with Gasteiger partial charge >= 0.3 is 6.09 Å². The van der Waals surface area contributed by atoms with Crippen molar-refractivity contribution in [2.24, 2.45) is 0 Å². The topological polar surface area (TPSA) is 68.3 Å². The van der Waals surface area contributed by atoms with Crippen molar-refractivity contribution in [3.63, 3.8) is 0 Å². The molecule has 1 atom stereocenters. The predicted octanol–water partition coefficient (Wildman–Crippen LogP) is 3.29. The van der Waals surface area contributed by atoms with Crippen LogP contribution in [0.1, 0.15) is 37.5 Å². The maximum atomic E-state index is 12.8. The summed E-state index contributed by atoms with van der Waals surface area (Å²) in [6.45, 7) is 13.2. The first-order valence-electron chi connectivity index (χ1n) is 6.74. The van der Waals surface area contributed by atoms with Gasteiger partial charge in [0.05, 0.1) is 13.2 Å². The summed E-state index contributed by atoms with van der Waals surface area (Å²) in [5.74, 6) is -0.182. The van der Waals surface area contributed by atoms with E-state index in [9.17, 15) is 9.59 Å². The molecule has 0 spiro atoms. The van der Waals surface area contributed by atoms with E-state index in [0.29, 0.717) is 5.01 Å². The number of hydrogen-bond acceptors (Lipinski definition) is 5. The van der Waals surface area contributed by atoms with Crippen LogP contribution in [-0.4, -0.2) is 35.7 Å². The largest absolute Gasteiger partial charge is 0.444 e. The first-order chi connectivity index (χ1) is 9.37. The molecule has 1 amide bonds. The summed E-state index contributed by atoms with van der Waals surface area (Å²) in [6.07, 6.45) is 2.06. The summed E-state index contributed by atoms with van der Waals surface area (Å²) in [6, 6.07) is 0. The number of aromatic nitrogens is 1. The maximum absolute atomic E-state index is 12.8. The molecule has 5 nitrogen and oxygen atoms in total. The SMILES string of the molecule is CC(C)(C)OC(=O)N[C@@](C)(C(=O)c1n[c]cs1)[Si](C)(C)C. The van der Waals surface area contributed by atoms with Crippen LogP contribution in [0, 0.1) is 6.20 Å². The third kappa shape index (κ3) is 4.37. The molecule has 7 heteroatoms. The molecule has 0 saturated carbocycles. The number of Topliss-reactive ketones (excluding diaryl/α,β-unsaturated/α-hetero) is 1. The Morgan fingerprint density at radius 2 is 1.86 bits per heavy atom. The van der Waals surface area contributed by atoms with E-state index in [1.165, 1.54) is 11.3 Å². The zero-order chi connectivity index (χ0) is 16.5. The molecule has 1 rings (SSSR count). The minimum absolute atomic E-state index is 0.182. The molecule has 1 aromatic heterocycles. The van der Waals surface area contributed by atoms with Crippen LogP contribution in [0.5, 0.6) is 0 Å². The van der Waals surface area contributed by atoms with Gasteiger partial charge in [-0.2, -0.15) is 0 Å². The lowest BCUT2D eigenvalue weighted by atomic mass is 10.2. The fourth-order valence-corrected chi connectivity index (χ4v) is 3.61. The number of carbonyl (C=O) groups excluding carboxylic acids is 2. The second kappa shape index (κ2) is 5.88. The number of nitrogens with zero attached hydrogens (tertiary/aromatic N) is 1. The van der Waals surface area contributed by atoms with Crippen molar-refractivity contribution in [3.05, 3.63) is 16.6 Å². The predicted molar refractivity (Wildman–Crippen MR) is 86.4 cm³/mol. The summed E-state index contributed by atoms with van der Waals surface area (Å²) in [5, 5.41) is 3.78. The normalized spacial score (nSPS) is 15.2. The number of rotatable bonds is 4. The summed E-state index contributed by atoms with van der Waals surface area (Å²) in [4.78, 5) is 28.8.